The molecular weight excluding hydrogens is 430 g/mol. The maximum Gasteiger partial charge on any atom is 0.226 e. The molecule has 0 aliphatic heterocycles. The van der Waals surface area contributed by atoms with E-state index in [0.717, 1.165) is 32.5 Å². The summed E-state index contributed by atoms with van der Waals surface area (Å²) < 4.78 is 2.04. The number of nitrogens with zero attached hydrogens (tertiary/aromatic N) is 3. The molecule has 0 radical (unpaired) electrons. The van der Waals surface area contributed by atoms with Gasteiger partial charge in [-0.15, -0.1) is 22.7 Å². The number of carbonyl (C=O) groups excluding carboxylic acids is 1. The number of rotatable bonds is 5. The summed E-state index contributed by atoms with van der Waals surface area (Å²) in [5.74, 6) is 0. The summed E-state index contributed by atoms with van der Waals surface area (Å²) in [5, 5.41) is 7.68. The van der Waals surface area contributed by atoms with Gasteiger partial charge in [0.1, 0.15) is 5.01 Å². The third-order valence-corrected chi connectivity index (χ3v) is 7.17. The molecule has 0 bridgehead atoms. The minimum atomic E-state index is -0.207. The van der Waals surface area contributed by atoms with Crippen LogP contribution >= 0.6 is 35.3 Å². The molecule has 4 rings (SSSR count). The Hall–Kier alpha value is -2.22. The van der Waals surface area contributed by atoms with E-state index in [1.165, 1.54) is 16.9 Å². The summed E-state index contributed by atoms with van der Waals surface area (Å²) in [7, 11) is 0. The topological polar surface area (TPSA) is 47.8 Å². The van der Waals surface area contributed by atoms with Gasteiger partial charge in [0, 0.05) is 21.2 Å². The van der Waals surface area contributed by atoms with Crippen LogP contribution in [-0.4, -0.2) is 19.9 Å². The Morgan fingerprint density at radius 2 is 1.90 bits per heavy atom. The summed E-state index contributed by atoms with van der Waals surface area (Å²) in [6, 6.07) is 14.4. The molecule has 1 aromatic carbocycles. The van der Waals surface area contributed by atoms with Crippen molar-refractivity contribution in [1.82, 2.24) is 14.8 Å². The molecule has 3 aromatic heterocycles. The molecule has 0 saturated heterocycles. The van der Waals surface area contributed by atoms with Crippen LogP contribution in [0.3, 0.4) is 0 Å². The summed E-state index contributed by atoms with van der Waals surface area (Å²) in [6.45, 7) is 9.21. The Morgan fingerprint density at radius 3 is 2.53 bits per heavy atom. The van der Waals surface area contributed by atoms with Crippen LogP contribution in [0.4, 0.5) is 0 Å². The smallest absolute Gasteiger partial charge is 0.226 e. The molecule has 4 nitrogen and oxygen atoms in total. The molecule has 0 unspecified atom stereocenters. The van der Waals surface area contributed by atoms with Crippen molar-refractivity contribution in [3.8, 4) is 22.0 Å². The zero-order valence-corrected chi connectivity index (χ0v) is 19.9. The second-order valence-electron chi connectivity index (χ2n) is 8.23. The molecule has 0 spiro atoms. The van der Waals surface area contributed by atoms with Gasteiger partial charge in [-0.1, -0.05) is 63.7 Å². The van der Waals surface area contributed by atoms with Crippen molar-refractivity contribution in [3.63, 3.8) is 0 Å². The number of thiophene rings is 1. The average molecular weight is 454 g/mol. The first kappa shape index (κ1) is 21.0. The van der Waals surface area contributed by atoms with E-state index in [4.69, 9.17) is 10.1 Å². The predicted octanol–water partition coefficient (Wildman–Crippen LogP) is 6.46. The van der Waals surface area contributed by atoms with Gasteiger partial charge in [0.15, 0.2) is 0 Å². The number of aryl methyl sites for hydroxylation is 1. The van der Waals surface area contributed by atoms with Crippen molar-refractivity contribution >= 4 is 40.4 Å². The fourth-order valence-electron chi connectivity index (χ4n) is 3.18. The normalized spacial score (nSPS) is 11.8. The van der Waals surface area contributed by atoms with Crippen molar-refractivity contribution in [2.45, 2.75) is 39.7 Å². The lowest BCUT2D eigenvalue weighted by Gasteiger charge is -2.14. The number of hydrogen-bond acceptors (Lipinski definition) is 5. The van der Waals surface area contributed by atoms with E-state index in [2.05, 4.69) is 57.0 Å². The second kappa shape index (κ2) is 8.13. The van der Waals surface area contributed by atoms with E-state index < -0.39 is 0 Å². The lowest BCUT2D eigenvalue weighted by atomic mass is 9.92. The summed E-state index contributed by atoms with van der Waals surface area (Å²) >= 11 is 7.00. The molecule has 0 amide bonds. The van der Waals surface area contributed by atoms with Gasteiger partial charge in [-0.05, 0) is 24.6 Å². The maximum atomic E-state index is 11.6. The van der Waals surface area contributed by atoms with Gasteiger partial charge in [0.2, 0.25) is 5.12 Å². The Morgan fingerprint density at radius 1 is 1.17 bits per heavy atom. The highest BCUT2D eigenvalue weighted by Gasteiger charge is 2.22. The number of thiol groups is 1. The average Bonchev–Trinajstić information content (AvgIpc) is 3.39. The van der Waals surface area contributed by atoms with E-state index in [1.54, 1.807) is 11.3 Å². The van der Waals surface area contributed by atoms with Gasteiger partial charge in [-0.25, -0.2) is 4.98 Å². The van der Waals surface area contributed by atoms with Gasteiger partial charge in [-0.2, -0.15) is 5.10 Å². The summed E-state index contributed by atoms with van der Waals surface area (Å²) in [6.07, 6.45) is 0. The SMILES string of the molecule is Cc1sc(C(=O)S)cc1-c1nc(-c2cc(C(C)(C)C)nn2Cc2ccccc2)cs1. The predicted molar refractivity (Wildman–Crippen MR) is 129 cm³/mol. The molecule has 0 atom stereocenters. The van der Waals surface area contributed by atoms with Crippen molar-refractivity contribution in [1.29, 1.82) is 0 Å². The lowest BCUT2D eigenvalue weighted by Crippen LogP contribution is -2.13. The van der Waals surface area contributed by atoms with Gasteiger partial charge >= 0.3 is 0 Å². The van der Waals surface area contributed by atoms with Crippen LogP contribution in [-0.2, 0) is 12.0 Å². The highest BCUT2D eigenvalue weighted by Crippen LogP contribution is 2.36. The lowest BCUT2D eigenvalue weighted by molar-refractivity contribution is 0.109. The summed E-state index contributed by atoms with van der Waals surface area (Å²) in [5.41, 5.74) is 5.09. The molecule has 3 heterocycles. The van der Waals surface area contributed by atoms with Crippen LogP contribution in [0.15, 0.2) is 47.8 Å². The van der Waals surface area contributed by atoms with Crippen LogP contribution in [0.1, 0.15) is 46.6 Å². The first-order valence-corrected chi connectivity index (χ1v) is 11.8. The number of aromatic nitrogens is 3. The first-order chi connectivity index (χ1) is 14.2. The zero-order chi connectivity index (χ0) is 21.5. The summed E-state index contributed by atoms with van der Waals surface area (Å²) in [4.78, 5) is 18.3. The molecule has 0 aliphatic carbocycles. The number of benzene rings is 1. The number of carbonyl (C=O) groups is 1. The Labute approximate surface area is 190 Å². The van der Waals surface area contributed by atoms with E-state index >= 15 is 0 Å². The van der Waals surface area contributed by atoms with E-state index in [-0.39, 0.29) is 10.5 Å². The minimum Gasteiger partial charge on any atom is -0.281 e. The minimum absolute atomic E-state index is 0.0542. The number of thiazole rings is 1. The first-order valence-electron chi connectivity index (χ1n) is 9.64. The van der Waals surface area contributed by atoms with Crippen molar-refractivity contribution < 1.29 is 4.79 Å². The number of hydrogen-bond donors (Lipinski definition) is 1. The highest BCUT2D eigenvalue weighted by atomic mass is 32.1. The van der Waals surface area contributed by atoms with Crippen LogP contribution < -0.4 is 0 Å². The van der Waals surface area contributed by atoms with Gasteiger partial charge < -0.3 is 0 Å². The molecule has 0 aliphatic rings. The maximum absolute atomic E-state index is 11.6. The Balaban J connectivity index is 1.75. The quantitative estimate of drug-likeness (QED) is 0.353. The third-order valence-electron chi connectivity index (χ3n) is 4.85. The van der Waals surface area contributed by atoms with Gasteiger partial charge in [0.25, 0.3) is 0 Å². The molecule has 0 N–H and O–H groups in total. The van der Waals surface area contributed by atoms with E-state index in [9.17, 15) is 4.79 Å². The van der Waals surface area contributed by atoms with E-state index in [0.29, 0.717) is 11.4 Å². The standard InChI is InChI=1S/C23H23N3OS3/c1-14-16(10-19(30-14)22(27)28)21-24-17(13-29-21)18-11-20(23(2,3)4)25-26(18)12-15-8-6-5-7-9-15/h5-11,13H,12H2,1-4H3,(H,27,28). The molecule has 7 heteroatoms. The van der Waals surface area contributed by atoms with Crippen LogP contribution in [0, 0.1) is 6.92 Å². The molecule has 154 valence electrons. The van der Waals surface area contributed by atoms with Crippen LogP contribution in [0.2, 0.25) is 0 Å². The Bertz CT molecular complexity index is 1200. The molecule has 0 saturated carbocycles. The van der Waals surface area contributed by atoms with Gasteiger partial charge in [0.05, 0.1) is 28.5 Å². The third kappa shape index (κ3) is 4.29. The molecule has 4 aromatic rings. The van der Waals surface area contributed by atoms with Crippen molar-refractivity contribution in [2.75, 3.05) is 0 Å². The van der Waals surface area contributed by atoms with Crippen molar-refractivity contribution in [2.24, 2.45) is 0 Å². The zero-order valence-electron chi connectivity index (χ0n) is 17.3. The van der Waals surface area contributed by atoms with Crippen molar-refractivity contribution in [3.05, 3.63) is 68.9 Å². The molecule has 30 heavy (non-hydrogen) atoms. The van der Waals surface area contributed by atoms with Crippen LogP contribution in [0.25, 0.3) is 22.0 Å². The van der Waals surface area contributed by atoms with Crippen LogP contribution in [0.5, 0.6) is 0 Å². The Kier molecular flexibility index (Phi) is 5.70. The fourth-order valence-corrected chi connectivity index (χ4v) is 5.19. The fraction of sp³-hybridized carbons (Fsp3) is 0.261. The highest BCUT2D eigenvalue weighted by molar-refractivity contribution is 7.97. The van der Waals surface area contributed by atoms with Gasteiger partial charge in [-0.3, -0.25) is 9.48 Å². The monoisotopic (exact) mass is 453 g/mol. The molecular formula is C23H23N3OS3. The van der Waals surface area contributed by atoms with E-state index in [1.807, 2.05) is 35.9 Å². The second-order valence-corrected chi connectivity index (χ2v) is 10.8. The largest absolute Gasteiger partial charge is 0.281 e. The molecule has 0 fully saturated rings.